The van der Waals surface area contributed by atoms with Gasteiger partial charge in [-0.3, -0.25) is 9.59 Å². The van der Waals surface area contributed by atoms with Crippen LogP contribution in [-0.4, -0.2) is 17.5 Å². The SMILES string of the molecule is CC(NC(=O)CCC(=O)OC(C)(C)C)c1cccs1. The van der Waals surface area contributed by atoms with E-state index in [1.54, 1.807) is 11.3 Å². The fourth-order valence-electron chi connectivity index (χ4n) is 1.53. The summed E-state index contributed by atoms with van der Waals surface area (Å²) in [6.45, 7) is 7.36. The van der Waals surface area contributed by atoms with E-state index in [4.69, 9.17) is 4.74 Å². The number of hydrogen-bond donors (Lipinski definition) is 1. The lowest BCUT2D eigenvalue weighted by molar-refractivity contribution is -0.155. The normalized spacial score (nSPS) is 12.8. The maximum Gasteiger partial charge on any atom is 0.306 e. The van der Waals surface area contributed by atoms with Crippen molar-refractivity contribution in [1.82, 2.24) is 5.32 Å². The van der Waals surface area contributed by atoms with Gasteiger partial charge in [-0.2, -0.15) is 0 Å². The number of amides is 1. The highest BCUT2D eigenvalue weighted by molar-refractivity contribution is 7.10. The first-order valence-electron chi connectivity index (χ1n) is 6.32. The minimum atomic E-state index is -0.502. The Labute approximate surface area is 118 Å². The van der Waals surface area contributed by atoms with Gasteiger partial charge in [0.25, 0.3) is 0 Å². The van der Waals surface area contributed by atoms with Crippen LogP contribution in [0.5, 0.6) is 0 Å². The van der Waals surface area contributed by atoms with E-state index in [1.165, 1.54) is 0 Å². The summed E-state index contributed by atoms with van der Waals surface area (Å²) in [4.78, 5) is 24.3. The Hall–Kier alpha value is -1.36. The van der Waals surface area contributed by atoms with Crippen LogP contribution in [0.25, 0.3) is 0 Å². The fourth-order valence-corrected chi connectivity index (χ4v) is 2.27. The Kier molecular flexibility index (Phi) is 5.54. The third-order valence-corrected chi connectivity index (χ3v) is 3.38. The molecule has 1 aromatic heterocycles. The zero-order chi connectivity index (χ0) is 14.5. The Balaban J connectivity index is 2.30. The van der Waals surface area contributed by atoms with Crippen molar-refractivity contribution < 1.29 is 14.3 Å². The first-order valence-corrected chi connectivity index (χ1v) is 7.20. The van der Waals surface area contributed by atoms with Gasteiger partial charge in [0.05, 0.1) is 12.5 Å². The maximum atomic E-state index is 11.7. The third kappa shape index (κ3) is 6.38. The summed E-state index contributed by atoms with van der Waals surface area (Å²) < 4.78 is 5.15. The smallest absolute Gasteiger partial charge is 0.306 e. The molecule has 1 heterocycles. The molecule has 1 amide bonds. The van der Waals surface area contributed by atoms with Gasteiger partial charge in [0.15, 0.2) is 0 Å². The fraction of sp³-hybridized carbons (Fsp3) is 0.571. The molecule has 0 bridgehead atoms. The van der Waals surface area contributed by atoms with Crippen molar-refractivity contribution in [2.45, 2.75) is 52.2 Å². The number of esters is 1. The van der Waals surface area contributed by atoms with E-state index in [1.807, 2.05) is 45.2 Å². The second-order valence-electron chi connectivity index (χ2n) is 5.39. The molecule has 0 aliphatic rings. The summed E-state index contributed by atoms with van der Waals surface area (Å²) in [6, 6.07) is 3.90. The van der Waals surface area contributed by atoms with E-state index in [0.29, 0.717) is 0 Å². The molecule has 0 aliphatic carbocycles. The number of rotatable bonds is 5. The van der Waals surface area contributed by atoms with Crippen molar-refractivity contribution in [3.8, 4) is 0 Å². The lowest BCUT2D eigenvalue weighted by Gasteiger charge is -2.19. The molecule has 106 valence electrons. The quantitative estimate of drug-likeness (QED) is 0.845. The van der Waals surface area contributed by atoms with Crippen molar-refractivity contribution in [3.05, 3.63) is 22.4 Å². The van der Waals surface area contributed by atoms with Gasteiger partial charge in [0.1, 0.15) is 5.60 Å². The van der Waals surface area contributed by atoms with Crippen LogP contribution in [0.15, 0.2) is 17.5 Å². The molecule has 1 aromatic rings. The van der Waals surface area contributed by atoms with Gasteiger partial charge in [-0.15, -0.1) is 11.3 Å². The number of ether oxygens (including phenoxy) is 1. The summed E-state index contributed by atoms with van der Waals surface area (Å²) in [5.41, 5.74) is -0.502. The number of carbonyl (C=O) groups excluding carboxylic acids is 2. The van der Waals surface area contributed by atoms with E-state index < -0.39 is 5.60 Å². The first-order chi connectivity index (χ1) is 8.78. The zero-order valence-electron chi connectivity index (χ0n) is 11.9. The lowest BCUT2D eigenvalue weighted by atomic mass is 10.2. The van der Waals surface area contributed by atoms with Gasteiger partial charge < -0.3 is 10.1 Å². The van der Waals surface area contributed by atoms with E-state index >= 15 is 0 Å². The molecule has 0 fully saturated rings. The molecule has 4 nitrogen and oxygen atoms in total. The highest BCUT2D eigenvalue weighted by Gasteiger charge is 2.17. The Bertz CT molecular complexity index is 420. The van der Waals surface area contributed by atoms with Crippen LogP contribution in [0, 0.1) is 0 Å². The molecule has 0 aliphatic heterocycles. The van der Waals surface area contributed by atoms with Crippen molar-refractivity contribution in [2.24, 2.45) is 0 Å². The average Bonchev–Trinajstić information content (AvgIpc) is 2.77. The second-order valence-corrected chi connectivity index (χ2v) is 6.37. The summed E-state index contributed by atoms with van der Waals surface area (Å²) in [5.74, 6) is -0.474. The topological polar surface area (TPSA) is 55.4 Å². The molecule has 0 aromatic carbocycles. The molecule has 1 atom stereocenters. The van der Waals surface area contributed by atoms with Gasteiger partial charge in [-0.05, 0) is 39.1 Å². The van der Waals surface area contributed by atoms with Gasteiger partial charge in [0.2, 0.25) is 5.91 Å². The Morgan fingerprint density at radius 1 is 1.37 bits per heavy atom. The first kappa shape index (κ1) is 15.7. The lowest BCUT2D eigenvalue weighted by Crippen LogP contribution is -2.28. The van der Waals surface area contributed by atoms with Gasteiger partial charge in [0, 0.05) is 11.3 Å². The number of nitrogens with one attached hydrogen (secondary N) is 1. The molecule has 1 rings (SSSR count). The van der Waals surface area contributed by atoms with E-state index in [9.17, 15) is 9.59 Å². The van der Waals surface area contributed by atoms with Gasteiger partial charge >= 0.3 is 5.97 Å². The van der Waals surface area contributed by atoms with Crippen LogP contribution in [0.1, 0.15) is 51.5 Å². The molecular formula is C14H21NO3S. The maximum absolute atomic E-state index is 11.7. The second kappa shape index (κ2) is 6.70. The molecule has 0 radical (unpaired) electrons. The Morgan fingerprint density at radius 3 is 2.58 bits per heavy atom. The highest BCUT2D eigenvalue weighted by Crippen LogP contribution is 2.18. The van der Waals surface area contributed by atoms with Crippen LogP contribution in [-0.2, 0) is 14.3 Å². The van der Waals surface area contributed by atoms with E-state index in [-0.39, 0.29) is 30.8 Å². The molecule has 1 N–H and O–H groups in total. The summed E-state index contributed by atoms with van der Waals surface area (Å²) in [5, 5.41) is 4.84. The molecule has 0 spiro atoms. The van der Waals surface area contributed by atoms with Crippen LogP contribution in [0.3, 0.4) is 0 Å². The third-order valence-electron chi connectivity index (χ3n) is 2.32. The molecule has 0 saturated carbocycles. The molecule has 0 saturated heterocycles. The summed E-state index contributed by atoms with van der Waals surface area (Å²) >= 11 is 1.60. The van der Waals surface area contributed by atoms with Crippen LogP contribution >= 0.6 is 11.3 Å². The van der Waals surface area contributed by atoms with Crippen molar-refractivity contribution in [1.29, 1.82) is 0 Å². The summed E-state index contributed by atoms with van der Waals surface area (Å²) in [6.07, 6.45) is 0.269. The van der Waals surface area contributed by atoms with E-state index in [0.717, 1.165) is 4.88 Å². The van der Waals surface area contributed by atoms with Gasteiger partial charge in [-0.1, -0.05) is 6.07 Å². The summed E-state index contributed by atoms with van der Waals surface area (Å²) in [7, 11) is 0. The number of carbonyl (C=O) groups is 2. The monoisotopic (exact) mass is 283 g/mol. The zero-order valence-corrected chi connectivity index (χ0v) is 12.7. The standard InChI is InChI=1S/C14H21NO3S/c1-10(11-6-5-9-19-11)15-12(16)7-8-13(17)18-14(2,3)4/h5-6,9-10H,7-8H2,1-4H3,(H,15,16). The van der Waals surface area contributed by atoms with Crippen LogP contribution in [0.4, 0.5) is 0 Å². The minimum Gasteiger partial charge on any atom is -0.460 e. The number of thiophene rings is 1. The predicted octanol–water partition coefficient (Wildman–Crippen LogP) is 3.05. The highest BCUT2D eigenvalue weighted by atomic mass is 32.1. The Morgan fingerprint density at radius 2 is 2.05 bits per heavy atom. The van der Waals surface area contributed by atoms with Crippen molar-refractivity contribution in [3.63, 3.8) is 0 Å². The van der Waals surface area contributed by atoms with Crippen LogP contribution < -0.4 is 5.32 Å². The molecular weight excluding hydrogens is 262 g/mol. The van der Waals surface area contributed by atoms with Crippen molar-refractivity contribution in [2.75, 3.05) is 0 Å². The number of hydrogen-bond acceptors (Lipinski definition) is 4. The van der Waals surface area contributed by atoms with Crippen LogP contribution in [0.2, 0.25) is 0 Å². The molecule has 19 heavy (non-hydrogen) atoms. The predicted molar refractivity (Wildman–Crippen MR) is 76.0 cm³/mol. The average molecular weight is 283 g/mol. The largest absolute Gasteiger partial charge is 0.460 e. The minimum absolute atomic E-state index is 0.0221. The van der Waals surface area contributed by atoms with Crippen molar-refractivity contribution >= 4 is 23.2 Å². The molecule has 1 unspecified atom stereocenters. The molecule has 5 heteroatoms. The van der Waals surface area contributed by atoms with Gasteiger partial charge in [-0.25, -0.2) is 0 Å². The van der Waals surface area contributed by atoms with E-state index in [2.05, 4.69) is 5.32 Å².